The van der Waals surface area contributed by atoms with E-state index in [-0.39, 0.29) is 6.04 Å². The normalized spacial score (nSPS) is 25.3. The first-order valence-electron chi connectivity index (χ1n) is 8.14. The number of aryl methyl sites for hydroxylation is 1. The van der Waals surface area contributed by atoms with Crippen molar-refractivity contribution < 1.29 is 8.42 Å². The fraction of sp³-hybridized carbons (Fsp3) is 0.562. The van der Waals surface area contributed by atoms with Gasteiger partial charge in [0.2, 0.25) is 5.95 Å². The summed E-state index contributed by atoms with van der Waals surface area (Å²) in [5, 5.41) is 0. The van der Waals surface area contributed by atoms with E-state index in [1.165, 1.54) is 0 Å². The van der Waals surface area contributed by atoms with Gasteiger partial charge < -0.3 is 9.47 Å². The zero-order valence-corrected chi connectivity index (χ0v) is 14.2. The molecular weight excluding hydrogens is 312 g/mol. The fourth-order valence-electron chi connectivity index (χ4n) is 3.77. The summed E-state index contributed by atoms with van der Waals surface area (Å²) in [6.45, 7) is 3.61. The van der Waals surface area contributed by atoms with Crippen LogP contribution in [0, 0.1) is 0 Å². The Morgan fingerprint density at radius 2 is 1.87 bits per heavy atom. The predicted molar refractivity (Wildman–Crippen MR) is 91.6 cm³/mol. The molecule has 0 N–H and O–H groups in total. The van der Waals surface area contributed by atoms with E-state index in [1.54, 1.807) is 0 Å². The molecule has 7 heteroatoms. The molecule has 3 heterocycles. The molecule has 1 aromatic heterocycles. The first kappa shape index (κ1) is 15.0. The summed E-state index contributed by atoms with van der Waals surface area (Å²) in [5.74, 6) is 1.69. The average molecular weight is 334 g/mol. The van der Waals surface area contributed by atoms with Crippen LogP contribution in [0.4, 0.5) is 5.95 Å². The Bertz CT molecular complexity index is 822. The zero-order valence-electron chi connectivity index (χ0n) is 13.4. The third kappa shape index (κ3) is 2.72. The van der Waals surface area contributed by atoms with Crippen LogP contribution >= 0.6 is 0 Å². The van der Waals surface area contributed by atoms with Crippen molar-refractivity contribution in [1.29, 1.82) is 0 Å². The van der Waals surface area contributed by atoms with Crippen LogP contribution in [0.5, 0.6) is 0 Å². The number of nitrogens with zero attached hydrogens (tertiary/aromatic N) is 4. The molecule has 0 radical (unpaired) electrons. The van der Waals surface area contributed by atoms with Crippen molar-refractivity contribution in [3.63, 3.8) is 0 Å². The monoisotopic (exact) mass is 334 g/mol. The molecule has 2 saturated heterocycles. The summed E-state index contributed by atoms with van der Waals surface area (Å²) in [5.41, 5.74) is 2.17. The highest BCUT2D eigenvalue weighted by molar-refractivity contribution is 7.91. The lowest BCUT2D eigenvalue weighted by atomic mass is 10.2. The van der Waals surface area contributed by atoms with Crippen LogP contribution in [-0.2, 0) is 16.9 Å². The van der Waals surface area contributed by atoms with Gasteiger partial charge in [0, 0.05) is 39.3 Å². The molecule has 0 bridgehead atoms. The average Bonchev–Trinajstić information content (AvgIpc) is 3.08. The van der Waals surface area contributed by atoms with Crippen molar-refractivity contribution in [2.45, 2.75) is 12.5 Å². The van der Waals surface area contributed by atoms with Gasteiger partial charge in [-0.1, -0.05) is 12.1 Å². The molecule has 1 atom stereocenters. The van der Waals surface area contributed by atoms with Crippen molar-refractivity contribution in [2.75, 3.05) is 42.6 Å². The minimum atomic E-state index is -2.81. The standard InChI is InChI=1S/C16H22N4O2S/c1-18-15-5-3-2-4-14(15)17-16(18)20-9-7-19(8-10-20)13-6-11-23(21,22)12-13/h2-5,13H,6-12H2,1H3/t13-/m1/s1. The van der Waals surface area contributed by atoms with Crippen LogP contribution < -0.4 is 4.90 Å². The largest absolute Gasteiger partial charge is 0.340 e. The summed E-state index contributed by atoms with van der Waals surface area (Å²) in [4.78, 5) is 9.40. The Labute approximate surface area is 136 Å². The van der Waals surface area contributed by atoms with Crippen LogP contribution in [0.2, 0.25) is 0 Å². The second-order valence-corrected chi connectivity index (χ2v) is 8.77. The molecule has 124 valence electrons. The second kappa shape index (κ2) is 5.49. The van der Waals surface area contributed by atoms with E-state index in [1.807, 2.05) is 18.2 Å². The van der Waals surface area contributed by atoms with E-state index in [4.69, 9.17) is 4.98 Å². The predicted octanol–water partition coefficient (Wildman–Crippen LogP) is 0.882. The quantitative estimate of drug-likeness (QED) is 0.816. The lowest BCUT2D eigenvalue weighted by molar-refractivity contribution is 0.199. The molecule has 0 aliphatic carbocycles. The Morgan fingerprint density at radius 1 is 1.13 bits per heavy atom. The maximum atomic E-state index is 11.7. The van der Waals surface area contributed by atoms with Crippen molar-refractivity contribution >= 4 is 26.8 Å². The number of piperazine rings is 1. The summed E-state index contributed by atoms with van der Waals surface area (Å²) in [6, 6.07) is 8.39. The molecule has 6 nitrogen and oxygen atoms in total. The number of hydrogen-bond acceptors (Lipinski definition) is 5. The van der Waals surface area contributed by atoms with E-state index in [9.17, 15) is 8.42 Å². The smallest absolute Gasteiger partial charge is 0.206 e. The van der Waals surface area contributed by atoms with Gasteiger partial charge in [-0.05, 0) is 18.6 Å². The molecule has 0 amide bonds. The number of rotatable bonds is 2. The van der Waals surface area contributed by atoms with Crippen molar-refractivity contribution in [2.24, 2.45) is 7.05 Å². The molecule has 4 rings (SSSR count). The minimum absolute atomic E-state index is 0.211. The number of para-hydroxylation sites is 2. The summed E-state index contributed by atoms with van der Waals surface area (Å²) < 4.78 is 25.5. The summed E-state index contributed by atoms with van der Waals surface area (Å²) in [6.07, 6.45) is 0.786. The van der Waals surface area contributed by atoms with Gasteiger partial charge in [-0.2, -0.15) is 0 Å². The highest BCUT2D eigenvalue weighted by atomic mass is 32.2. The number of imidazole rings is 1. The van der Waals surface area contributed by atoms with Crippen molar-refractivity contribution in [1.82, 2.24) is 14.5 Å². The van der Waals surface area contributed by atoms with Gasteiger partial charge in [0.15, 0.2) is 9.84 Å². The van der Waals surface area contributed by atoms with E-state index >= 15 is 0 Å². The van der Waals surface area contributed by atoms with Crippen LogP contribution in [0.3, 0.4) is 0 Å². The number of hydrogen-bond donors (Lipinski definition) is 0. The third-order valence-electron chi connectivity index (χ3n) is 5.09. The van der Waals surface area contributed by atoms with Gasteiger partial charge in [-0.3, -0.25) is 4.90 Å². The Hall–Kier alpha value is -1.60. The molecule has 2 aliphatic rings. The second-order valence-electron chi connectivity index (χ2n) is 6.54. The van der Waals surface area contributed by atoms with Crippen LogP contribution in [0.15, 0.2) is 24.3 Å². The maximum absolute atomic E-state index is 11.7. The molecular formula is C16H22N4O2S. The van der Waals surface area contributed by atoms with Crippen molar-refractivity contribution in [3.8, 4) is 0 Å². The first-order chi connectivity index (χ1) is 11.0. The van der Waals surface area contributed by atoms with Gasteiger partial charge in [0.05, 0.1) is 22.5 Å². The summed E-state index contributed by atoms with van der Waals surface area (Å²) in [7, 11) is -0.750. The molecule has 0 spiro atoms. The Morgan fingerprint density at radius 3 is 2.52 bits per heavy atom. The van der Waals surface area contributed by atoms with Gasteiger partial charge in [0.1, 0.15) is 0 Å². The zero-order chi connectivity index (χ0) is 16.0. The van der Waals surface area contributed by atoms with E-state index in [0.29, 0.717) is 11.5 Å². The molecule has 0 saturated carbocycles. The number of sulfone groups is 1. The summed E-state index contributed by atoms with van der Waals surface area (Å²) >= 11 is 0. The third-order valence-corrected chi connectivity index (χ3v) is 6.84. The lowest BCUT2D eigenvalue weighted by Crippen LogP contribution is -2.51. The highest BCUT2D eigenvalue weighted by Gasteiger charge is 2.34. The lowest BCUT2D eigenvalue weighted by Gasteiger charge is -2.38. The molecule has 2 aliphatic heterocycles. The van der Waals surface area contributed by atoms with Gasteiger partial charge >= 0.3 is 0 Å². The molecule has 1 aromatic carbocycles. The van der Waals surface area contributed by atoms with Crippen LogP contribution in [-0.4, -0.2) is 66.6 Å². The van der Waals surface area contributed by atoms with Crippen molar-refractivity contribution in [3.05, 3.63) is 24.3 Å². The number of fused-ring (bicyclic) bond motifs is 1. The van der Waals surface area contributed by atoms with Crippen LogP contribution in [0.1, 0.15) is 6.42 Å². The molecule has 2 fully saturated rings. The maximum Gasteiger partial charge on any atom is 0.206 e. The Balaban J connectivity index is 1.48. The van der Waals surface area contributed by atoms with E-state index < -0.39 is 9.84 Å². The Kier molecular flexibility index (Phi) is 3.57. The molecule has 0 unspecified atom stereocenters. The fourth-order valence-corrected chi connectivity index (χ4v) is 5.53. The molecule has 23 heavy (non-hydrogen) atoms. The number of aromatic nitrogens is 2. The van der Waals surface area contributed by atoms with Crippen LogP contribution in [0.25, 0.3) is 11.0 Å². The highest BCUT2D eigenvalue weighted by Crippen LogP contribution is 2.24. The van der Waals surface area contributed by atoms with E-state index in [0.717, 1.165) is 49.6 Å². The van der Waals surface area contributed by atoms with Gasteiger partial charge in [-0.25, -0.2) is 13.4 Å². The van der Waals surface area contributed by atoms with E-state index in [2.05, 4.69) is 27.5 Å². The number of anilines is 1. The topological polar surface area (TPSA) is 58.4 Å². The van der Waals surface area contributed by atoms with Gasteiger partial charge in [-0.15, -0.1) is 0 Å². The minimum Gasteiger partial charge on any atom is -0.340 e. The first-order valence-corrected chi connectivity index (χ1v) is 9.96. The SMILES string of the molecule is Cn1c(N2CCN([C@@H]3CCS(=O)(=O)C3)CC2)nc2ccccc21. The molecule has 2 aromatic rings. The van der Waals surface area contributed by atoms with Gasteiger partial charge in [0.25, 0.3) is 0 Å². The number of benzene rings is 1.